The molecule has 0 aromatic carbocycles. The summed E-state index contributed by atoms with van der Waals surface area (Å²) in [6.45, 7) is 4.54. The van der Waals surface area contributed by atoms with Gasteiger partial charge in [0.05, 0.1) is 5.69 Å². The lowest BCUT2D eigenvalue weighted by molar-refractivity contribution is 0.265. The zero-order chi connectivity index (χ0) is 12.1. The number of hydrogen-bond donors (Lipinski definition) is 0. The van der Waals surface area contributed by atoms with Crippen molar-refractivity contribution in [1.29, 1.82) is 0 Å². The molecule has 17 heavy (non-hydrogen) atoms. The van der Waals surface area contributed by atoms with E-state index in [1.807, 2.05) is 18.2 Å². The maximum Gasteiger partial charge on any atom is 0.138 e. The third-order valence-electron chi connectivity index (χ3n) is 2.44. The summed E-state index contributed by atoms with van der Waals surface area (Å²) >= 11 is 7.22. The van der Waals surface area contributed by atoms with Crippen LogP contribution in [0.25, 0.3) is 0 Å². The Labute approximate surface area is 109 Å². The minimum atomic E-state index is 0.671. The lowest BCUT2D eigenvalue weighted by atomic mass is 10.3. The molecule has 2 rings (SSSR count). The van der Waals surface area contributed by atoms with E-state index in [4.69, 9.17) is 11.6 Å². The van der Waals surface area contributed by atoms with Gasteiger partial charge in [-0.25, -0.2) is 0 Å². The number of halogens is 1. The molecule has 0 fully saturated rings. The van der Waals surface area contributed by atoms with Crippen molar-refractivity contribution in [2.45, 2.75) is 20.0 Å². The summed E-state index contributed by atoms with van der Waals surface area (Å²) in [6.07, 6.45) is 1.81. The Balaban J connectivity index is 2.00. The average Bonchev–Trinajstić information content (AvgIpc) is 2.75. The molecule has 6 heteroatoms. The van der Waals surface area contributed by atoms with Crippen molar-refractivity contribution in [3.8, 4) is 0 Å². The minimum absolute atomic E-state index is 0.671. The molecule has 0 aliphatic heterocycles. The lowest BCUT2D eigenvalue weighted by Crippen LogP contribution is -2.23. The molecule has 2 heterocycles. The Morgan fingerprint density at radius 2 is 2.24 bits per heavy atom. The van der Waals surface area contributed by atoms with Gasteiger partial charge >= 0.3 is 0 Å². The fraction of sp³-hybridized carbons (Fsp3) is 0.364. The molecule has 0 bridgehead atoms. The van der Waals surface area contributed by atoms with Crippen molar-refractivity contribution < 1.29 is 0 Å². The summed E-state index contributed by atoms with van der Waals surface area (Å²) < 4.78 is 4.50. The molecular formula is C11H13ClN4S. The van der Waals surface area contributed by atoms with Crippen LogP contribution in [0, 0.1) is 0 Å². The Kier molecular flexibility index (Phi) is 4.42. The molecule has 2 aromatic rings. The maximum absolute atomic E-state index is 6.00. The molecule has 0 N–H and O–H groups in total. The van der Waals surface area contributed by atoms with E-state index in [1.54, 1.807) is 6.20 Å². The van der Waals surface area contributed by atoms with Crippen LogP contribution in [0.1, 0.15) is 18.3 Å². The van der Waals surface area contributed by atoms with Crippen molar-refractivity contribution in [3.05, 3.63) is 40.1 Å². The standard InChI is InChI=1S/C11H13ClN4S/c1-2-16(7-9-5-3-4-6-13-9)8-10-11(12)17-15-14-10/h3-6H,2,7-8H2,1H3. The van der Waals surface area contributed by atoms with E-state index >= 15 is 0 Å². The van der Waals surface area contributed by atoms with E-state index in [0.29, 0.717) is 10.9 Å². The van der Waals surface area contributed by atoms with Crippen molar-refractivity contribution in [1.82, 2.24) is 19.5 Å². The summed E-state index contributed by atoms with van der Waals surface area (Å²) in [5, 5.41) is 4.02. The molecule has 0 amide bonds. The van der Waals surface area contributed by atoms with Gasteiger partial charge in [-0.15, -0.1) is 5.10 Å². The van der Waals surface area contributed by atoms with Gasteiger partial charge in [0.15, 0.2) is 0 Å². The minimum Gasteiger partial charge on any atom is -0.292 e. The van der Waals surface area contributed by atoms with Crippen LogP contribution in [-0.2, 0) is 13.1 Å². The first-order valence-corrected chi connectivity index (χ1v) is 6.53. The molecule has 0 radical (unpaired) electrons. The van der Waals surface area contributed by atoms with Crippen LogP contribution in [0.2, 0.25) is 4.34 Å². The van der Waals surface area contributed by atoms with Crippen LogP contribution in [-0.4, -0.2) is 26.0 Å². The zero-order valence-corrected chi connectivity index (χ0v) is 11.1. The number of aromatic nitrogens is 3. The van der Waals surface area contributed by atoms with Gasteiger partial charge in [0.1, 0.15) is 10.0 Å². The van der Waals surface area contributed by atoms with Gasteiger partial charge in [0.25, 0.3) is 0 Å². The van der Waals surface area contributed by atoms with Gasteiger partial charge in [-0.3, -0.25) is 9.88 Å². The van der Waals surface area contributed by atoms with Crippen molar-refractivity contribution in [2.75, 3.05) is 6.54 Å². The molecule has 0 atom stereocenters. The van der Waals surface area contributed by atoms with Gasteiger partial charge in [0.2, 0.25) is 0 Å². The van der Waals surface area contributed by atoms with Gasteiger partial charge in [-0.05, 0) is 18.7 Å². The third kappa shape index (κ3) is 3.46. The van der Waals surface area contributed by atoms with Gasteiger partial charge in [-0.2, -0.15) is 0 Å². The maximum atomic E-state index is 6.00. The normalized spacial score (nSPS) is 11.0. The highest BCUT2D eigenvalue weighted by molar-refractivity contribution is 7.10. The van der Waals surface area contributed by atoms with Crippen LogP contribution < -0.4 is 0 Å². The topological polar surface area (TPSA) is 41.9 Å². The highest BCUT2D eigenvalue weighted by Crippen LogP contribution is 2.19. The van der Waals surface area contributed by atoms with Crippen LogP contribution in [0.15, 0.2) is 24.4 Å². The van der Waals surface area contributed by atoms with E-state index in [1.165, 1.54) is 11.5 Å². The molecule has 2 aromatic heterocycles. The van der Waals surface area contributed by atoms with E-state index < -0.39 is 0 Å². The second kappa shape index (κ2) is 6.05. The van der Waals surface area contributed by atoms with E-state index in [2.05, 4.69) is 26.4 Å². The lowest BCUT2D eigenvalue weighted by Gasteiger charge is -2.18. The molecular weight excluding hydrogens is 256 g/mol. The number of hydrogen-bond acceptors (Lipinski definition) is 5. The van der Waals surface area contributed by atoms with Crippen LogP contribution in [0.3, 0.4) is 0 Å². The fourth-order valence-corrected chi connectivity index (χ4v) is 2.12. The van der Waals surface area contributed by atoms with Gasteiger partial charge in [-0.1, -0.05) is 29.1 Å². The Bertz CT molecular complexity index is 460. The molecule has 0 aliphatic rings. The van der Waals surface area contributed by atoms with E-state index in [-0.39, 0.29) is 0 Å². The fourth-order valence-electron chi connectivity index (χ4n) is 1.50. The van der Waals surface area contributed by atoms with Crippen molar-refractivity contribution >= 4 is 23.1 Å². The Morgan fingerprint density at radius 1 is 1.35 bits per heavy atom. The van der Waals surface area contributed by atoms with E-state index in [9.17, 15) is 0 Å². The largest absolute Gasteiger partial charge is 0.292 e. The summed E-state index contributed by atoms with van der Waals surface area (Å²) in [6, 6.07) is 5.93. The average molecular weight is 269 g/mol. The second-order valence-corrected chi connectivity index (χ2v) is 4.97. The highest BCUT2D eigenvalue weighted by Gasteiger charge is 2.11. The molecule has 0 unspecified atom stereocenters. The smallest absolute Gasteiger partial charge is 0.138 e. The Morgan fingerprint density at radius 3 is 2.82 bits per heavy atom. The first-order valence-electron chi connectivity index (χ1n) is 5.38. The first-order chi connectivity index (χ1) is 8.29. The van der Waals surface area contributed by atoms with Crippen LogP contribution in [0.4, 0.5) is 0 Å². The summed E-state index contributed by atoms with van der Waals surface area (Å²) in [4.78, 5) is 6.54. The zero-order valence-electron chi connectivity index (χ0n) is 9.51. The molecule has 4 nitrogen and oxygen atoms in total. The number of rotatable bonds is 5. The van der Waals surface area contributed by atoms with Gasteiger partial charge < -0.3 is 0 Å². The monoisotopic (exact) mass is 268 g/mol. The molecule has 90 valence electrons. The third-order valence-corrected chi connectivity index (χ3v) is 3.43. The summed E-state index contributed by atoms with van der Waals surface area (Å²) in [5.41, 5.74) is 1.89. The summed E-state index contributed by atoms with van der Waals surface area (Å²) in [7, 11) is 0. The molecule has 0 spiro atoms. The van der Waals surface area contributed by atoms with Crippen molar-refractivity contribution in [2.24, 2.45) is 0 Å². The van der Waals surface area contributed by atoms with E-state index in [0.717, 1.165) is 24.5 Å². The number of pyridine rings is 1. The van der Waals surface area contributed by atoms with Crippen LogP contribution in [0.5, 0.6) is 0 Å². The predicted octanol–water partition coefficient (Wildman–Crippen LogP) is 2.61. The molecule has 0 aliphatic carbocycles. The van der Waals surface area contributed by atoms with Crippen LogP contribution >= 0.6 is 23.1 Å². The molecule has 0 saturated heterocycles. The summed E-state index contributed by atoms with van der Waals surface area (Å²) in [5.74, 6) is 0. The quantitative estimate of drug-likeness (QED) is 0.836. The number of nitrogens with zero attached hydrogens (tertiary/aromatic N) is 4. The van der Waals surface area contributed by atoms with Crippen molar-refractivity contribution in [3.63, 3.8) is 0 Å². The second-order valence-electron chi connectivity index (χ2n) is 3.62. The first kappa shape index (κ1) is 12.4. The van der Waals surface area contributed by atoms with Gasteiger partial charge in [0, 0.05) is 30.8 Å². The predicted molar refractivity (Wildman–Crippen MR) is 68.9 cm³/mol. The SMILES string of the molecule is CCN(Cc1ccccn1)Cc1nnsc1Cl. The molecule has 0 saturated carbocycles. The Hall–Kier alpha value is -1.04. The highest BCUT2D eigenvalue weighted by atomic mass is 35.5.